The highest BCUT2D eigenvalue weighted by atomic mass is 32.2. The maximum Gasteiger partial charge on any atom is 0.262 e. The van der Waals surface area contributed by atoms with Crippen molar-refractivity contribution in [2.45, 2.75) is 43.5 Å². The fourth-order valence-corrected chi connectivity index (χ4v) is 5.47. The summed E-state index contributed by atoms with van der Waals surface area (Å²) in [6.07, 6.45) is 1.13. The van der Waals surface area contributed by atoms with Crippen LogP contribution in [0.1, 0.15) is 45.6 Å². The summed E-state index contributed by atoms with van der Waals surface area (Å²) in [4.78, 5) is 13.1. The number of hydrogen-bond donors (Lipinski definition) is 2. The molecule has 0 aliphatic carbocycles. The minimum Gasteiger partial charge on any atom is -0.346 e. The SMILES string of the molecule is Cc1ccc(C)c(NS(=O)(=O)c2cc(C(=O)N[C@@H](C)c3ccc(S(C)(=O)=O)cc3)ccc2C)c1. The second-order valence-corrected chi connectivity index (χ2v) is 12.1. The molecule has 1 atom stereocenters. The van der Waals surface area contributed by atoms with Gasteiger partial charge in [0.25, 0.3) is 15.9 Å². The van der Waals surface area contributed by atoms with E-state index in [4.69, 9.17) is 0 Å². The number of carbonyl (C=O) groups is 1. The van der Waals surface area contributed by atoms with Gasteiger partial charge in [0.2, 0.25) is 0 Å². The topological polar surface area (TPSA) is 109 Å². The minimum atomic E-state index is -3.93. The molecule has 3 rings (SSSR count). The van der Waals surface area contributed by atoms with Crippen molar-refractivity contribution in [2.75, 3.05) is 11.0 Å². The number of carbonyl (C=O) groups excluding carboxylic acids is 1. The summed E-state index contributed by atoms with van der Waals surface area (Å²) >= 11 is 0. The summed E-state index contributed by atoms with van der Waals surface area (Å²) in [6, 6.07) is 15.9. The molecule has 0 fully saturated rings. The minimum absolute atomic E-state index is 0.0196. The van der Waals surface area contributed by atoms with Gasteiger partial charge in [-0.05, 0) is 80.3 Å². The van der Waals surface area contributed by atoms with Gasteiger partial charge >= 0.3 is 0 Å². The predicted molar refractivity (Wildman–Crippen MR) is 133 cm³/mol. The molecule has 0 aliphatic heterocycles. The van der Waals surface area contributed by atoms with Crippen molar-refractivity contribution in [2.24, 2.45) is 0 Å². The van der Waals surface area contributed by atoms with E-state index in [0.29, 0.717) is 11.3 Å². The highest BCUT2D eigenvalue weighted by Crippen LogP contribution is 2.24. The van der Waals surface area contributed by atoms with E-state index in [-0.39, 0.29) is 15.4 Å². The van der Waals surface area contributed by atoms with Crippen LogP contribution in [0, 0.1) is 20.8 Å². The standard InChI is InChI=1S/C25H28N2O5S2/c1-16-6-7-17(2)23(14-16)27-34(31,32)24-15-21(9-8-18(24)3)25(28)26-19(4)20-10-12-22(13-11-20)33(5,29)30/h6-15,19,27H,1-5H3,(H,26,28)/t19-/m0/s1. The Morgan fingerprint density at radius 1 is 0.824 bits per heavy atom. The lowest BCUT2D eigenvalue weighted by molar-refractivity contribution is 0.0939. The summed E-state index contributed by atoms with van der Waals surface area (Å²) in [5.41, 5.74) is 3.63. The average Bonchev–Trinajstić information content (AvgIpc) is 2.75. The Morgan fingerprint density at radius 2 is 1.44 bits per heavy atom. The molecule has 180 valence electrons. The average molecular weight is 501 g/mol. The van der Waals surface area contributed by atoms with E-state index >= 15 is 0 Å². The zero-order valence-electron chi connectivity index (χ0n) is 19.7. The van der Waals surface area contributed by atoms with Crippen LogP contribution in [0.4, 0.5) is 5.69 Å². The molecule has 2 N–H and O–H groups in total. The van der Waals surface area contributed by atoms with Gasteiger partial charge in [0, 0.05) is 11.8 Å². The third kappa shape index (κ3) is 5.84. The Balaban J connectivity index is 1.83. The Morgan fingerprint density at radius 3 is 2.06 bits per heavy atom. The number of nitrogens with one attached hydrogen (secondary N) is 2. The van der Waals surface area contributed by atoms with Gasteiger partial charge < -0.3 is 5.32 Å². The van der Waals surface area contributed by atoms with Crippen molar-refractivity contribution in [3.63, 3.8) is 0 Å². The molecule has 9 heteroatoms. The molecule has 0 saturated heterocycles. The lowest BCUT2D eigenvalue weighted by atomic mass is 10.1. The maximum absolute atomic E-state index is 13.1. The zero-order chi connectivity index (χ0) is 25.3. The van der Waals surface area contributed by atoms with E-state index in [0.717, 1.165) is 22.9 Å². The normalized spacial score (nSPS) is 12.7. The quantitative estimate of drug-likeness (QED) is 0.503. The molecular formula is C25H28N2O5S2. The number of benzene rings is 3. The molecule has 0 unspecified atom stereocenters. The number of rotatable bonds is 7. The van der Waals surface area contributed by atoms with E-state index in [1.807, 2.05) is 26.0 Å². The van der Waals surface area contributed by atoms with Crippen LogP contribution in [0.25, 0.3) is 0 Å². The third-order valence-corrected chi connectivity index (χ3v) is 8.17. The Hall–Kier alpha value is -3.17. The molecule has 0 aliphatic rings. The largest absolute Gasteiger partial charge is 0.346 e. The van der Waals surface area contributed by atoms with Crippen molar-refractivity contribution in [1.29, 1.82) is 0 Å². The summed E-state index contributed by atoms with van der Waals surface area (Å²) in [7, 11) is -7.24. The number of hydrogen-bond acceptors (Lipinski definition) is 5. The Labute approximate surface area is 201 Å². The second kappa shape index (κ2) is 9.60. The van der Waals surface area contributed by atoms with E-state index in [2.05, 4.69) is 10.0 Å². The molecule has 0 bridgehead atoms. The first-order chi connectivity index (χ1) is 15.8. The fraction of sp³-hybridized carbons (Fsp3) is 0.240. The molecule has 0 radical (unpaired) electrons. The van der Waals surface area contributed by atoms with Gasteiger partial charge in [-0.25, -0.2) is 16.8 Å². The monoisotopic (exact) mass is 500 g/mol. The van der Waals surface area contributed by atoms with Crippen LogP contribution >= 0.6 is 0 Å². The molecule has 3 aromatic carbocycles. The van der Waals surface area contributed by atoms with E-state index in [1.54, 1.807) is 44.2 Å². The van der Waals surface area contributed by atoms with Crippen LogP contribution in [-0.2, 0) is 19.9 Å². The van der Waals surface area contributed by atoms with Crippen LogP contribution in [0.2, 0.25) is 0 Å². The van der Waals surface area contributed by atoms with Crippen LogP contribution in [-0.4, -0.2) is 29.0 Å². The Bertz CT molecular complexity index is 1450. The molecule has 0 saturated carbocycles. The molecule has 0 aromatic heterocycles. The molecule has 34 heavy (non-hydrogen) atoms. The first kappa shape index (κ1) is 25.5. The smallest absolute Gasteiger partial charge is 0.262 e. The van der Waals surface area contributed by atoms with Gasteiger partial charge in [0.15, 0.2) is 9.84 Å². The van der Waals surface area contributed by atoms with Crippen LogP contribution < -0.4 is 10.0 Å². The van der Waals surface area contributed by atoms with Gasteiger partial charge in [-0.3, -0.25) is 9.52 Å². The molecule has 0 heterocycles. The lowest BCUT2D eigenvalue weighted by Crippen LogP contribution is -2.27. The zero-order valence-corrected chi connectivity index (χ0v) is 21.3. The number of sulfonamides is 1. The number of aryl methyl sites for hydroxylation is 3. The summed E-state index contributed by atoms with van der Waals surface area (Å²) in [5, 5.41) is 2.83. The second-order valence-electron chi connectivity index (χ2n) is 8.44. The van der Waals surface area contributed by atoms with E-state index in [1.165, 1.54) is 18.2 Å². The number of anilines is 1. The molecule has 0 spiro atoms. The molecule has 1 amide bonds. The van der Waals surface area contributed by atoms with Crippen molar-refractivity contribution >= 4 is 31.5 Å². The van der Waals surface area contributed by atoms with Crippen molar-refractivity contribution in [3.05, 3.63) is 88.5 Å². The van der Waals surface area contributed by atoms with E-state index in [9.17, 15) is 21.6 Å². The van der Waals surface area contributed by atoms with Gasteiger partial charge in [-0.1, -0.05) is 30.3 Å². The highest BCUT2D eigenvalue weighted by Gasteiger charge is 2.21. The van der Waals surface area contributed by atoms with E-state index < -0.39 is 31.8 Å². The Kier molecular flexibility index (Phi) is 7.18. The van der Waals surface area contributed by atoms with Crippen LogP contribution in [0.5, 0.6) is 0 Å². The number of amides is 1. The lowest BCUT2D eigenvalue weighted by Gasteiger charge is -2.16. The number of sulfone groups is 1. The van der Waals surface area contributed by atoms with Gasteiger partial charge in [0.05, 0.1) is 21.5 Å². The summed E-state index contributed by atoms with van der Waals surface area (Å²) in [5.74, 6) is -0.442. The van der Waals surface area contributed by atoms with Crippen molar-refractivity contribution in [3.8, 4) is 0 Å². The van der Waals surface area contributed by atoms with Crippen LogP contribution in [0.3, 0.4) is 0 Å². The van der Waals surface area contributed by atoms with Crippen LogP contribution in [0.15, 0.2) is 70.5 Å². The maximum atomic E-state index is 13.1. The first-order valence-corrected chi connectivity index (χ1v) is 14.0. The van der Waals surface area contributed by atoms with Gasteiger partial charge in [-0.15, -0.1) is 0 Å². The summed E-state index contributed by atoms with van der Waals surface area (Å²) in [6.45, 7) is 7.13. The van der Waals surface area contributed by atoms with Crippen molar-refractivity contribution in [1.82, 2.24) is 5.32 Å². The van der Waals surface area contributed by atoms with Gasteiger partial charge in [-0.2, -0.15) is 0 Å². The molecule has 7 nitrogen and oxygen atoms in total. The molecular weight excluding hydrogens is 472 g/mol. The third-order valence-electron chi connectivity index (χ3n) is 5.53. The highest BCUT2D eigenvalue weighted by molar-refractivity contribution is 7.92. The predicted octanol–water partition coefficient (Wildman–Crippen LogP) is 4.31. The van der Waals surface area contributed by atoms with Crippen molar-refractivity contribution < 1.29 is 21.6 Å². The fourth-order valence-electron chi connectivity index (χ4n) is 3.44. The molecule has 3 aromatic rings. The summed E-state index contributed by atoms with van der Waals surface area (Å²) < 4.78 is 52.2. The van der Waals surface area contributed by atoms with Gasteiger partial charge in [0.1, 0.15) is 0 Å². The first-order valence-electron chi connectivity index (χ1n) is 10.6.